The summed E-state index contributed by atoms with van der Waals surface area (Å²) in [6, 6.07) is 7.49. The summed E-state index contributed by atoms with van der Waals surface area (Å²) in [6.07, 6.45) is 3.55. The molecule has 0 bridgehead atoms. The highest BCUT2D eigenvalue weighted by Gasteiger charge is 2.12. The predicted molar refractivity (Wildman–Crippen MR) is 77.9 cm³/mol. The number of benzene rings is 1. The van der Waals surface area contributed by atoms with Crippen LogP contribution in [0.25, 0.3) is 0 Å². The maximum absolute atomic E-state index is 11.9. The van der Waals surface area contributed by atoms with Crippen LogP contribution >= 0.6 is 0 Å². The molecule has 1 unspecified atom stereocenters. The van der Waals surface area contributed by atoms with Crippen LogP contribution in [0, 0.1) is 0 Å². The highest BCUT2D eigenvalue weighted by atomic mass is 16.5. The minimum absolute atomic E-state index is 0.0305. The van der Waals surface area contributed by atoms with E-state index in [1.165, 1.54) is 0 Å². The Bertz CT molecular complexity index is 376. The quantitative estimate of drug-likeness (QED) is 0.707. The molecule has 0 aliphatic rings. The van der Waals surface area contributed by atoms with E-state index < -0.39 is 0 Å². The van der Waals surface area contributed by atoms with Gasteiger partial charge in [0.1, 0.15) is 0 Å². The Labute approximate surface area is 115 Å². The summed E-state index contributed by atoms with van der Waals surface area (Å²) in [6.45, 7) is 2.70. The molecule has 3 N–H and O–H groups in total. The monoisotopic (exact) mass is 264 g/mol. The molecular formula is C15H24N2O2. The molecule has 1 rings (SSSR count). The van der Waals surface area contributed by atoms with Crippen LogP contribution in [-0.2, 0) is 16.0 Å². The molecule has 1 aromatic carbocycles. The van der Waals surface area contributed by atoms with Gasteiger partial charge < -0.3 is 15.8 Å². The molecule has 4 heteroatoms. The van der Waals surface area contributed by atoms with Crippen molar-refractivity contribution in [3.63, 3.8) is 0 Å². The van der Waals surface area contributed by atoms with Crippen LogP contribution in [0.2, 0.25) is 0 Å². The van der Waals surface area contributed by atoms with Gasteiger partial charge in [-0.05, 0) is 24.1 Å². The van der Waals surface area contributed by atoms with Gasteiger partial charge in [-0.1, -0.05) is 31.9 Å². The van der Waals surface area contributed by atoms with Crippen molar-refractivity contribution < 1.29 is 9.53 Å². The number of carbonyl (C=O) groups excluding carboxylic acids is 1. The average molecular weight is 264 g/mol. The highest BCUT2D eigenvalue weighted by molar-refractivity contribution is 5.79. The van der Waals surface area contributed by atoms with E-state index in [-0.39, 0.29) is 11.9 Å². The van der Waals surface area contributed by atoms with Gasteiger partial charge in [-0.15, -0.1) is 0 Å². The van der Waals surface area contributed by atoms with Crippen molar-refractivity contribution in [2.45, 2.75) is 38.6 Å². The number of carbonyl (C=O) groups is 1. The van der Waals surface area contributed by atoms with Crippen molar-refractivity contribution in [3.05, 3.63) is 29.8 Å². The largest absolute Gasteiger partial charge is 0.399 e. The third kappa shape index (κ3) is 6.25. The van der Waals surface area contributed by atoms with E-state index in [1.54, 1.807) is 7.11 Å². The number of rotatable bonds is 8. The van der Waals surface area contributed by atoms with E-state index in [1.807, 2.05) is 24.3 Å². The third-order valence-electron chi connectivity index (χ3n) is 2.98. The number of hydrogen-bond acceptors (Lipinski definition) is 3. The van der Waals surface area contributed by atoms with Crippen LogP contribution in [0.3, 0.4) is 0 Å². The minimum atomic E-state index is 0.0305. The van der Waals surface area contributed by atoms with Crippen molar-refractivity contribution in [3.8, 4) is 0 Å². The Hall–Kier alpha value is -1.55. The summed E-state index contributed by atoms with van der Waals surface area (Å²) < 4.78 is 5.14. The van der Waals surface area contributed by atoms with Crippen molar-refractivity contribution in [2.24, 2.45) is 0 Å². The number of unbranched alkanes of at least 4 members (excludes halogenated alkanes) is 1. The van der Waals surface area contributed by atoms with Crippen molar-refractivity contribution in [2.75, 3.05) is 19.5 Å². The lowest BCUT2D eigenvalue weighted by Gasteiger charge is -2.17. The van der Waals surface area contributed by atoms with Gasteiger partial charge in [0, 0.05) is 12.8 Å². The summed E-state index contributed by atoms with van der Waals surface area (Å²) in [4.78, 5) is 11.9. The fraction of sp³-hybridized carbons (Fsp3) is 0.533. The van der Waals surface area contributed by atoms with Gasteiger partial charge in [-0.25, -0.2) is 0 Å². The van der Waals surface area contributed by atoms with Crippen molar-refractivity contribution in [1.29, 1.82) is 0 Å². The smallest absolute Gasteiger partial charge is 0.224 e. The lowest BCUT2D eigenvalue weighted by atomic mass is 10.1. The van der Waals surface area contributed by atoms with Crippen molar-refractivity contribution in [1.82, 2.24) is 5.32 Å². The molecule has 1 aromatic rings. The number of amides is 1. The fourth-order valence-electron chi connectivity index (χ4n) is 1.95. The molecule has 19 heavy (non-hydrogen) atoms. The maximum Gasteiger partial charge on any atom is 0.224 e. The van der Waals surface area contributed by atoms with Gasteiger partial charge in [-0.2, -0.15) is 0 Å². The van der Waals surface area contributed by atoms with Gasteiger partial charge in [0.05, 0.1) is 19.1 Å². The number of ether oxygens (including phenoxy) is 1. The number of nitrogen functional groups attached to an aromatic ring is 1. The first-order valence-corrected chi connectivity index (χ1v) is 6.78. The normalized spacial score (nSPS) is 12.1. The Morgan fingerprint density at radius 2 is 2.05 bits per heavy atom. The number of nitrogens with one attached hydrogen (secondary N) is 1. The van der Waals surface area contributed by atoms with Gasteiger partial charge in [0.2, 0.25) is 5.91 Å². The summed E-state index contributed by atoms with van der Waals surface area (Å²) in [5, 5.41) is 3.02. The molecule has 0 saturated carbocycles. The molecule has 4 nitrogen and oxygen atoms in total. The predicted octanol–water partition coefficient (Wildman–Crippen LogP) is 2.13. The standard InChI is InChI=1S/C15H24N2O2/c1-3-4-5-14(11-19-2)17-15(18)10-12-6-8-13(16)9-7-12/h6-9,14H,3-5,10-11,16H2,1-2H3,(H,17,18). The zero-order valence-electron chi connectivity index (χ0n) is 11.8. The highest BCUT2D eigenvalue weighted by Crippen LogP contribution is 2.07. The summed E-state index contributed by atoms with van der Waals surface area (Å²) in [7, 11) is 1.66. The van der Waals surface area contributed by atoms with E-state index in [0.29, 0.717) is 18.7 Å². The van der Waals surface area contributed by atoms with Crippen LogP contribution in [0.4, 0.5) is 5.69 Å². The summed E-state index contributed by atoms with van der Waals surface area (Å²) in [5.41, 5.74) is 7.30. The van der Waals surface area contributed by atoms with Crippen LogP contribution in [0.5, 0.6) is 0 Å². The SMILES string of the molecule is CCCCC(COC)NC(=O)Cc1ccc(N)cc1. The first-order valence-electron chi connectivity index (χ1n) is 6.78. The number of methoxy groups -OCH3 is 1. The molecule has 0 radical (unpaired) electrons. The Kier molecular flexibility index (Phi) is 6.97. The molecule has 1 atom stereocenters. The van der Waals surface area contributed by atoms with Gasteiger partial charge in [-0.3, -0.25) is 4.79 Å². The van der Waals surface area contributed by atoms with E-state index in [9.17, 15) is 4.79 Å². The Morgan fingerprint density at radius 1 is 1.37 bits per heavy atom. The van der Waals surface area contributed by atoms with Crippen LogP contribution < -0.4 is 11.1 Å². The molecular weight excluding hydrogens is 240 g/mol. The molecule has 106 valence electrons. The number of hydrogen-bond donors (Lipinski definition) is 2. The molecule has 0 spiro atoms. The van der Waals surface area contributed by atoms with E-state index in [2.05, 4.69) is 12.2 Å². The number of nitrogens with two attached hydrogens (primary N) is 1. The molecule has 0 saturated heterocycles. The minimum Gasteiger partial charge on any atom is -0.399 e. The number of anilines is 1. The van der Waals surface area contributed by atoms with Crippen LogP contribution in [0.15, 0.2) is 24.3 Å². The molecule has 0 heterocycles. The van der Waals surface area contributed by atoms with Gasteiger partial charge >= 0.3 is 0 Å². The van der Waals surface area contributed by atoms with E-state index >= 15 is 0 Å². The van der Waals surface area contributed by atoms with Crippen LogP contribution in [0.1, 0.15) is 31.7 Å². The third-order valence-corrected chi connectivity index (χ3v) is 2.98. The Morgan fingerprint density at radius 3 is 2.63 bits per heavy atom. The lowest BCUT2D eigenvalue weighted by Crippen LogP contribution is -2.38. The summed E-state index contributed by atoms with van der Waals surface area (Å²) in [5.74, 6) is 0.0305. The second-order valence-electron chi connectivity index (χ2n) is 4.78. The molecule has 0 aromatic heterocycles. The zero-order chi connectivity index (χ0) is 14.1. The Balaban J connectivity index is 2.45. The molecule has 1 amide bonds. The maximum atomic E-state index is 11.9. The van der Waals surface area contributed by atoms with E-state index in [4.69, 9.17) is 10.5 Å². The zero-order valence-corrected chi connectivity index (χ0v) is 11.8. The summed E-state index contributed by atoms with van der Waals surface area (Å²) >= 11 is 0. The average Bonchev–Trinajstić information content (AvgIpc) is 2.39. The van der Waals surface area contributed by atoms with Crippen molar-refractivity contribution >= 4 is 11.6 Å². The first kappa shape index (κ1) is 15.5. The first-order chi connectivity index (χ1) is 9.15. The fourth-order valence-corrected chi connectivity index (χ4v) is 1.95. The van der Waals surface area contributed by atoms with E-state index in [0.717, 1.165) is 24.8 Å². The topological polar surface area (TPSA) is 64.3 Å². The molecule has 0 aliphatic carbocycles. The van der Waals surface area contributed by atoms with Gasteiger partial charge in [0.25, 0.3) is 0 Å². The van der Waals surface area contributed by atoms with Gasteiger partial charge in [0.15, 0.2) is 0 Å². The second-order valence-corrected chi connectivity index (χ2v) is 4.78. The molecule has 0 fully saturated rings. The lowest BCUT2D eigenvalue weighted by molar-refractivity contribution is -0.121. The second kappa shape index (κ2) is 8.53. The molecule has 0 aliphatic heterocycles. The van der Waals surface area contributed by atoms with Crippen LogP contribution in [-0.4, -0.2) is 25.7 Å².